The largest absolute Gasteiger partial charge is 0.337 e. The molecule has 0 spiro atoms. The quantitative estimate of drug-likeness (QED) is 0.806. The lowest BCUT2D eigenvalue weighted by Gasteiger charge is -2.07. The maximum Gasteiger partial charge on any atom is 0.267 e. The summed E-state index contributed by atoms with van der Waals surface area (Å²) in [5, 5.41) is -0.689. The van der Waals surface area contributed by atoms with Crippen LogP contribution < -0.4 is 0 Å². The lowest BCUT2D eigenvalue weighted by Crippen LogP contribution is -2.16. The van der Waals surface area contributed by atoms with E-state index in [1.165, 1.54) is 6.92 Å². The van der Waals surface area contributed by atoms with Crippen molar-refractivity contribution >= 4 is 22.5 Å². The van der Waals surface area contributed by atoms with E-state index in [1.807, 2.05) is 10.8 Å². The molecule has 0 aliphatic heterocycles. The van der Waals surface area contributed by atoms with E-state index in [-0.39, 0.29) is 12.4 Å². The van der Waals surface area contributed by atoms with Crippen molar-refractivity contribution in [3.05, 3.63) is 18.7 Å². The smallest absolute Gasteiger partial charge is 0.267 e. The normalized spacial score (nSPS) is 13.2. The average molecular weight is 255 g/mol. The molecule has 1 atom stereocenters. The molecule has 0 radical (unpaired) electrons. The Morgan fingerprint density at radius 2 is 2.20 bits per heavy atom. The fourth-order valence-corrected chi connectivity index (χ4v) is 1.59. The highest BCUT2D eigenvalue weighted by Gasteiger charge is 2.15. The molecule has 0 saturated heterocycles. The van der Waals surface area contributed by atoms with Gasteiger partial charge in [0.25, 0.3) is 10.1 Å². The van der Waals surface area contributed by atoms with Crippen LogP contribution in [0, 0.1) is 0 Å². The molecule has 5 nitrogen and oxygen atoms in total. The summed E-state index contributed by atoms with van der Waals surface area (Å²) in [6.07, 6.45) is 6.33. The van der Waals surface area contributed by atoms with Gasteiger partial charge in [-0.25, -0.2) is 4.98 Å². The first kappa shape index (κ1) is 14.4. The second kappa shape index (κ2) is 6.09. The van der Waals surface area contributed by atoms with Crippen molar-refractivity contribution in [1.29, 1.82) is 0 Å². The SMILES string of the molecule is CC(CCCn1ccnc1)S(=O)(=O)O.Cl. The van der Waals surface area contributed by atoms with E-state index in [1.54, 1.807) is 12.5 Å². The lowest BCUT2D eigenvalue weighted by molar-refractivity contribution is 0.460. The van der Waals surface area contributed by atoms with Gasteiger partial charge in [-0.1, -0.05) is 0 Å². The minimum absolute atomic E-state index is 0. The number of rotatable bonds is 5. The molecule has 1 unspecified atom stereocenters. The van der Waals surface area contributed by atoms with Gasteiger partial charge >= 0.3 is 0 Å². The summed E-state index contributed by atoms with van der Waals surface area (Å²) in [7, 11) is -3.87. The molecule has 1 rings (SSSR count). The third kappa shape index (κ3) is 5.15. The molecule has 0 amide bonds. The molecule has 1 N–H and O–H groups in total. The monoisotopic (exact) mass is 254 g/mol. The highest BCUT2D eigenvalue weighted by Crippen LogP contribution is 2.07. The minimum Gasteiger partial charge on any atom is -0.337 e. The van der Waals surface area contributed by atoms with E-state index in [9.17, 15) is 8.42 Å². The van der Waals surface area contributed by atoms with E-state index in [0.29, 0.717) is 12.8 Å². The van der Waals surface area contributed by atoms with Gasteiger partial charge in [0.1, 0.15) is 0 Å². The van der Waals surface area contributed by atoms with Crippen LogP contribution >= 0.6 is 12.4 Å². The van der Waals surface area contributed by atoms with Gasteiger partial charge in [-0.3, -0.25) is 4.55 Å². The highest BCUT2D eigenvalue weighted by molar-refractivity contribution is 7.86. The van der Waals surface area contributed by atoms with Crippen molar-refractivity contribution in [1.82, 2.24) is 9.55 Å². The zero-order valence-corrected chi connectivity index (χ0v) is 10.0. The summed E-state index contributed by atoms with van der Waals surface area (Å²) in [4.78, 5) is 3.86. The van der Waals surface area contributed by atoms with Gasteiger partial charge in [-0.05, 0) is 19.8 Å². The van der Waals surface area contributed by atoms with Crippen molar-refractivity contribution in [2.24, 2.45) is 0 Å². The predicted molar refractivity (Wildman–Crippen MR) is 59.7 cm³/mol. The first-order valence-corrected chi connectivity index (χ1v) is 5.92. The van der Waals surface area contributed by atoms with Gasteiger partial charge in [0.05, 0.1) is 11.6 Å². The van der Waals surface area contributed by atoms with E-state index < -0.39 is 15.4 Å². The summed E-state index contributed by atoms with van der Waals surface area (Å²) >= 11 is 0. The van der Waals surface area contributed by atoms with Crippen LogP contribution in [0.2, 0.25) is 0 Å². The molecule has 0 fully saturated rings. The third-order valence-corrected chi connectivity index (χ3v) is 3.35. The first-order chi connectivity index (χ1) is 6.50. The third-order valence-electron chi connectivity index (χ3n) is 2.09. The van der Waals surface area contributed by atoms with Gasteiger partial charge in [-0.15, -0.1) is 12.4 Å². The van der Waals surface area contributed by atoms with Crippen LogP contribution in [0.3, 0.4) is 0 Å². The Balaban J connectivity index is 0.00000196. The number of aryl methyl sites for hydroxylation is 1. The topological polar surface area (TPSA) is 72.2 Å². The van der Waals surface area contributed by atoms with Crippen molar-refractivity contribution < 1.29 is 13.0 Å². The Morgan fingerprint density at radius 3 is 2.67 bits per heavy atom. The molecule has 1 heterocycles. The van der Waals surface area contributed by atoms with Crippen LogP contribution in [-0.4, -0.2) is 27.8 Å². The second-order valence-electron chi connectivity index (χ2n) is 3.27. The molecule has 1 aromatic heterocycles. The van der Waals surface area contributed by atoms with E-state index in [4.69, 9.17) is 4.55 Å². The summed E-state index contributed by atoms with van der Waals surface area (Å²) in [6.45, 7) is 2.23. The molecule has 15 heavy (non-hydrogen) atoms. The predicted octanol–water partition coefficient (Wildman–Crippen LogP) is 1.36. The van der Waals surface area contributed by atoms with Crippen LogP contribution in [0.5, 0.6) is 0 Å². The first-order valence-electron chi connectivity index (χ1n) is 4.42. The van der Waals surface area contributed by atoms with Crippen LogP contribution in [-0.2, 0) is 16.7 Å². The summed E-state index contributed by atoms with van der Waals surface area (Å²) in [6, 6.07) is 0. The number of halogens is 1. The molecule has 0 aliphatic carbocycles. The molecule has 88 valence electrons. The number of hydrogen-bond acceptors (Lipinski definition) is 3. The van der Waals surface area contributed by atoms with Crippen molar-refractivity contribution in [2.75, 3.05) is 0 Å². The van der Waals surface area contributed by atoms with Gasteiger partial charge in [0.15, 0.2) is 0 Å². The summed E-state index contributed by atoms with van der Waals surface area (Å²) in [5.74, 6) is 0. The molecule has 0 aromatic carbocycles. The van der Waals surface area contributed by atoms with Crippen molar-refractivity contribution in [2.45, 2.75) is 31.6 Å². The Hall–Kier alpha value is -0.590. The fraction of sp³-hybridized carbons (Fsp3) is 0.625. The van der Waals surface area contributed by atoms with E-state index >= 15 is 0 Å². The minimum atomic E-state index is -3.87. The molecular weight excluding hydrogens is 240 g/mol. The van der Waals surface area contributed by atoms with Gasteiger partial charge < -0.3 is 4.57 Å². The number of aromatic nitrogens is 2. The van der Waals surface area contributed by atoms with Crippen molar-refractivity contribution in [3.8, 4) is 0 Å². The summed E-state index contributed by atoms with van der Waals surface area (Å²) in [5.41, 5.74) is 0. The molecule has 0 bridgehead atoms. The van der Waals surface area contributed by atoms with Crippen LogP contribution in [0.1, 0.15) is 19.8 Å². The standard InChI is InChI=1S/C8H14N2O3S.ClH/c1-8(14(11,12)13)3-2-5-10-6-4-9-7-10;/h4,6-8H,2-3,5H2,1H3,(H,11,12,13);1H. The number of hydrogen-bond donors (Lipinski definition) is 1. The zero-order chi connectivity index (χ0) is 10.6. The summed E-state index contributed by atoms with van der Waals surface area (Å²) < 4.78 is 31.9. The Labute approximate surface area is 95.7 Å². The molecule has 0 saturated carbocycles. The van der Waals surface area contributed by atoms with Crippen LogP contribution in [0.4, 0.5) is 0 Å². The molecule has 1 aromatic rings. The van der Waals surface area contributed by atoms with Gasteiger partial charge in [0.2, 0.25) is 0 Å². The van der Waals surface area contributed by atoms with Crippen LogP contribution in [0.25, 0.3) is 0 Å². The van der Waals surface area contributed by atoms with Crippen LogP contribution in [0.15, 0.2) is 18.7 Å². The van der Waals surface area contributed by atoms with Gasteiger partial charge in [0, 0.05) is 18.9 Å². The molecule has 7 heteroatoms. The van der Waals surface area contributed by atoms with E-state index in [2.05, 4.69) is 4.98 Å². The number of imidazole rings is 1. The van der Waals surface area contributed by atoms with E-state index in [0.717, 1.165) is 6.54 Å². The molecule has 0 aliphatic rings. The van der Waals surface area contributed by atoms with Gasteiger partial charge in [-0.2, -0.15) is 8.42 Å². The maximum atomic E-state index is 10.7. The lowest BCUT2D eigenvalue weighted by atomic mass is 10.2. The molecular formula is C8H15ClN2O3S. The average Bonchev–Trinajstić information content (AvgIpc) is 2.55. The Kier molecular flexibility index (Phi) is 5.85. The fourth-order valence-electron chi connectivity index (χ4n) is 1.13. The Morgan fingerprint density at radius 1 is 1.53 bits per heavy atom. The zero-order valence-electron chi connectivity index (χ0n) is 8.41. The second-order valence-corrected chi connectivity index (χ2v) is 5.10. The maximum absolute atomic E-state index is 10.7. The number of nitrogens with zero attached hydrogens (tertiary/aromatic N) is 2. The van der Waals surface area contributed by atoms with Crippen molar-refractivity contribution in [3.63, 3.8) is 0 Å². The Bertz CT molecular complexity index is 363. The highest BCUT2D eigenvalue weighted by atomic mass is 35.5.